The minimum Gasteiger partial charge on any atom is -0.495 e. The molecule has 1 unspecified atom stereocenters. The van der Waals surface area contributed by atoms with Crippen LogP contribution in [0.2, 0.25) is 0 Å². The van der Waals surface area contributed by atoms with Gasteiger partial charge < -0.3 is 9.47 Å². The molecule has 0 aliphatic carbocycles. The number of ether oxygens (including phenoxy) is 2. The van der Waals surface area contributed by atoms with Crippen molar-refractivity contribution < 1.29 is 9.47 Å². The van der Waals surface area contributed by atoms with Crippen LogP contribution in [0.5, 0.6) is 11.5 Å². The van der Waals surface area contributed by atoms with E-state index in [0.717, 1.165) is 21.5 Å². The molecular weight excluding hydrogens is 312 g/mol. The van der Waals surface area contributed by atoms with Gasteiger partial charge in [0.25, 0.3) is 0 Å². The van der Waals surface area contributed by atoms with Crippen LogP contribution in [0.1, 0.15) is 17.3 Å². The molecule has 1 rings (SSSR count). The Morgan fingerprint density at radius 2 is 1.86 bits per heavy atom. The van der Waals surface area contributed by atoms with Gasteiger partial charge in [0.05, 0.1) is 14.2 Å². The molecule has 2 nitrogen and oxygen atoms in total. The first-order chi connectivity index (χ1) is 6.61. The number of alkyl halides is 1. The predicted octanol–water partition coefficient (Wildman–Crippen LogP) is 3.92. The zero-order valence-corrected chi connectivity index (χ0v) is 11.5. The number of methoxy groups -OCH3 is 2. The highest BCUT2D eigenvalue weighted by Gasteiger charge is 2.15. The van der Waals surface area contributed by atoms with E-state index < -0.39 is 0 Å². The lowest BCUT2D eigenvalue weighted by Crippen LogP contribution is -1.95. The minimum atomic E-state index is 0.250. The van der Waals surface area contributed by atoms with Gasteiger partial charge in [0.1, 0.15) is 16.0 Å². The number of hydrogen-bond acceptors (Lipinski definition) is 2. The monoisotopic (exact) mass is 322 g/mol. The van der Waals surface area contributed by atoms with Gasteiger partial charge in [-0.3, -0.25) is 0 Å². The molecule has 0 aliphatic heterocycles. The van der Waals surface area contributed by atoms with E-state index in [4.69, 9.17) is 9.47 Å². The lowest BCUT2D eigenvalue weighted by molar-refractivity contribution is 0.386. The average Bonchev–Trinajstić information content (AvgIpc) is 2.17. The molecule has 0 saturated carbocycles. The Kier molecular flexibility index (Phi) is 4.26. The quantitative estimate of drug-likeness (QED) is 0.785. The van der Waals surface area contributed by atoms with E-state index >= 15 is 0 Å². The normalized spacial score (nSPS) is 12.4. The molecular formula is C10H12Br2O2. The van der Waals surface area contributed by atoms with E-state index in [1.54, 1.807) is 14.2 Å². The third-order valence-corrected chi connectivity index (χ3v) is 3.19. The summed E-state index contributed by atoms with van der Waals surface area (Å²) in [7, 11) is 3.29. The number of rotatable bonds is 3. The van der Waals surface area contributed by atoms with Gasteiger partial charge >= 0.3 is 0 Å². The zero-order chi connectivity index (χ0) is 10.7. The highest BCUT2D eigenvalue weighted by Crippen LogP contribution is 2.41. The lowest BCUT2D eigenvalue weighted by Gasteiger charge is -2.14. The molecule has 0 spiro atoms. The van der Waals surface area contributed by atoms with Crippen molar-refractivity contribution in [2.24, 2.45) is 0 Å². The van der Waals surface area contributed by atoms with Crippen LogP contribution >= 0.6 is 31.9 Å². The third-order valence-electron chi connectivity index (χ3n) is 1.94. The molecule has 14 heavy (non-hydrogen) atoms. The van der Waals surface area contributed by atoms with Crippen LogP contribution in [-0.4, -0.2) is 14.2 Å². The summed E-state index contributed by atoms with van der Waals surface area (Å²) in [5.41, 5.74) is 1.10. The van der Waals surface area contributed by atoms with E-state index in [0.29, 0.717) is 0 Å². The zero-order valence-electron chi connectivity index (χ0n) is 8.30. The molecule has 78 valence electrons. The molecule has 0 saturated heterocycles. The van der Waals surface area contributed by atoms with Crippen LogP contribution in [0.3, 0.4) is 0 Å². The molecule has 0 radical (unpaired) electrons. The first-order valence-corrected chi connectivity index (χ1v) is 5.87. The Balaban J connectivity index is 3.28. The van der Waals surface area contributed by atoms with Gasteiger partial charge in [0.2, 0.25) is 0 Å². The molecule has 0 bridgehead atoms. The molecule has 0 N–H and O–H groups in total. The van der Waals surface area contributed by atoms with E-state index in [1.165, 1.54) is 0 Å². The predicted molar refractivity (Wildman–Crippen MR) is 64.6 cm³/mol. The van der Waals surface area contributed by atoms with Crippen molar-refractivity contribution in [3.8, 4) is 11.5 Å². The molecule has 0 heterocycles. The minimum absolute atomic E-state index is 0.250. The first kappa shape index (κ1) is 11.9. The summed E-state index contributed by atoms with van der Waals surface area (Å²) in [5, 5.41) is 0. The van der Waals surface area contributed by atoms with Gasteiger partial charge in [0.15, 0.2) is 0 Å². The highest BCUT2D eigenvalue weighted by molar-refractivity contribution is 9.10. The number of halogens is 2. The van der Waals surface area contributed by atoms with Gasteiger partial charge in [0, 0.05) is 10.4 Å². The van der Waals surface area contributed by atoms with Gasteiger partial charge in [-0.2, -0.15) is 0 Å². The summed E-state index contributed by atoms with van der Waals surface area (Å²) in [4.78, 5) is 0.250. The maximum absolute atomic E-state index is 5.32. The number of benzene rings is 1. The summed E-state index contributed by atoms with van der Waals surface area (Å²) in [6.45, 7) is 2.05. The molecule has 1 atom stereocenters. The van der Waals surface area contributed by atoms with Crippen LogP contribution in [0.15, 0.2) is 16.6 Å². The standard InChI is InChI=1S/C10H12Br2O2/c1-6(11)7-4-5-8(13-2)9(12)10(7)14-3/h4-6H,1-3H3. The topological polar surface area (TPSA) is 18.5 Å². The van der Waals surface area contributed by atoms with Gasteiger partial charge in [-0.25, -0.2) is 0 Å². The Bertz CT molecular complexity index is 324. The summed E-state index contributed by atoms with van der Waals surface area (Å²) in [6.07, 6.45) is 0. The molecule has 0 fully saturated rings. The fourth-order valence-corrected chi connectivity index (χ4v) is 2.28. The first-order valence-electron chi connectivity index (χ1n) is 4.16. The Hall–Kier alpha value is -0.220. The van der Waals surface area contributed by atoms with Gasteiger partial charge in [-0.1, -0.05) is 22.0 Å². The second kappa shape index (κ2) is 5.03. The molecule has 0 aromatic heterocycles. The van der Waals surface area contributed by atoms with Gasteiger partial charge in [-0.15, -0.1) is 0 Å². The molecule has 0 amide bonds. The third kappa shape index (κ3) is 2.23. The second-order valence-corrected chi connectivity index (χ2v) is 4.99. The smallest absolute Gasteiger partial charge is 0.141 e. The molecule has 0 aliphatic rings. The van der Waals surface area contributed by atoms with Crippen LogP contribution in [0, 0.1) is 0 Å². The second-order valence-electron chi connectivity index (χ2n) is 2.82. The van der Waals surface area contributed by atoms with E-state index in [2.05, 4.69) is 38.8 Å². The molecule has 1 aromatic carbocycles. The maximum Gasteiger partial charge on any atom is 0.141 e. The molecule has 1 aromatic rings. The van der Waals surface area contributed by atoms with Crippen molar-refractivity contribution in [1.82, 2.24) is 0 Å². The average molecular weight is 324 g/mol. The summed E-state index contributed by atoms with van der Waals surface area (Å²) >= 11 is 6.96. The summed E-state index contributed by atoms with van der Waals surface area (Å²) in [6, 6.07) is 3.90. The van der Waals surface area contributed by atoms with Crippen molar-refractivity contribution >= 4 is 31.9 Å². The molecule has 4 heteroatoms. The van der Waals surface area contributed by atoms with Crippen molar-refractivity contribution in [2.75, 3.05) is 14.2 Å². The van der Waals surface area contributed by atoms with Crippen LogP contribution < -0.4 is 9.47 Å². The Morgan fingerprint density at radius 1 is 1.21 bits per heavy atom. The van der Waals surface area contributed by atoms with Crippen molar-refractivity contribution in [3.63, 3.8) is 0 Å². The summed E-state index contributed by atoms with van der Waals surface area (Å²) in [5.74, 6) is 1.59. The van der Waals surface area contributed by atoms with Crippen LogP contribution in [-0.2, 0) is 0 Å². The Morgan fingerprint density at radius 3 is 2.29 bits per heavy atom. The van der Waals surface area contributed by atoms with Crippen molar-refractivity contribution in [3.05, 3.63) is 22.2 Å². The van der Waals surface area contributed by atoms with Crippen molar-refractivity contribution in [2.45, 2.75) is 11.8 Å². The van der Waals surface area contributed by atoms with Crippen LogP contribution in [0.25, 0.3) is 0 Å². The largest absolute Gasteiger partial charge is 0.495 e. The SMILES string of the molecule is COc1ccc(C(C)Br)c(OC)c1Br. The maximum atomic E-state index is 5.32. The van der Waals surface area contributed by atoms with E-state index in [9.17, 15) is 0 Å². The number of hydrogen-bond donors (Lipinski definition) is 0. The van der Waals surface area contributed by atoms with Crippen LogP contribution in [0.4, 0.5) is 0 Å². The lowest BCUT2D eigenvalue weighted by atomic mass is 10.1. The highest BCUT2D eigenvalue weighted by atomic mass is 79.9. The van der Waals surface area contributed by atoms with Crippen molar-refractivity contribution in [1.29, 1.82) is 0 Å². The Labute approximate surface area is 101 Å². The summed E-state index contributed by atoms with van der Waals surface area (Å²) < 4.78 is 11.4. The fraction of sp³-hybridized carbons (Fsp3) is 0.400. The van der Waals surface area contributed by atoms with E-state index in [-0.39, 0.29) is 4.83 Å². The van der Waals surface area contributed by atoms with Gasteiger partial charge in [-0.05, 0) is 28.9 Å². The van der Waals surface area contributed by atoms with E-state index in [1.807, 2.05) is 12.1 Å². The fourth-order valence-electron chi connectivity index (χ4n) is 1.23.